The summed E-state index contributed by atoms with van der Waals surface area (Å²) < 4.78 is 0. The van der Waals surface area contributed by atoms with E-state index in [2.05, 4.69) is 201 Å². The Kier molecular flexibility index (Phi) is 14.2. The Labute approximate surface area is 305 Å². The van der Waals surface area contributed by atoms with Gasteiger partial charge in [0.15, 0.2) is 0 Å². The molecule has 2 aromatic carbocycles. The van der Waals surface area contributed by atoms with Crippen LogP contribution >= 0.6 is 0 Å². The summed E-state index contributed by atoms with van der Waals surface area (Å²) in [6, 6.07) is 21.2. The molecule has 0 saturated carbocycles. The van der Waals surface area contributed by atoms with Crippen molar-refractivity contribution in [3.05, 3.63) is 190 Å². The molecule has 50 heavy (non-hydrogen) atoms. The second kappa shape index (κ2) is 18.5. The van der Waals surface area contributed by atoms with Crippen LogP contribution in [0.5, 0.6) is 0 Å². The average molecular weight is 661 g/mol. The van der Waals surface area contributed by atoms with Gasteiger partial charge in [-0.3, -0.25) is 0 Å². The van der Waals surface area contributed by atoms with E-state index in [0.717, 1.165) is 0 Å². The molecule has 0 nitrogen and oxygen atoms in total. The second-order valence-corrected chi connectivity index (χ2v) is 15.4. The zero-order valence-electron chi connectivity index (χ0n) is 32.1. The van der Waals surface area contributed by atoms with Crippen molar-refractivity contribution in [2.24, 2.45) is 10.8 Å². The van der Waals surface area contributed by atoms with Gasteiger partial charge in [-0.25, -0.2) is 0 Å². The van der Waals surface area contributed by atoms with Gasteiger partial charge in [-0.15, -0.1) is 0 Å². The Morgan fingerprint density at radius 1 is 0.500 bits per heavy atom. The van der Waals surface area contributed by atoms with Crippen LogP contribution in [-0.2, 0) is 0 Å². The lowest BCUT2D eigenvalue weighted by molar-refractivity contribution is 0.376. The van der Waals surface area contributed by atoms with E-state index in [9.17, 15) is 0 Å². The van der Waals surface area contributed by atoms with Crippen molar-refractivity contribution in [1.82, 2.24) is 0 Å². The minimum absolute atomic E-state index is 0.255. The highest BCUT2D eigenvalue weighted by Crippen LogP contribution is 2.41. The van der Waals surface area contributed by atoms with Crippen molar-refractivity contribution in [2.75, 3.05) is 0 Å². The fourth-order valence-corrected chi connectivity index (χ4v) is 7.24. The van der Waals surface area contributed by atoms with Gasteiger partial charge in [0.1, 0.15) is 0 Å². The van der Waals surface area contributed by atoms with Crippen LogP contribution in [0, 0.1) is 10.8 Å². The lowest BCUT2D eigenvalue weighted by atomic mass is 9.72. The van der Waals surface area contributed by atoms with Gasteiger partial charge >= 0.3 is 0 Å². The van der Waals surface area contributed by atoms with E-state index in [1.54, 1.807) is 0 Å². The van der Waals surface area contributed by atoms with Crippen LogP contribution in [0.15, 0.2) is 179 Å². The Morgan fingerprint density at radius 2 is 0.880 bits per heavy atom. The second-order valence-electron chi connectivity index (χ2n) is 15.4. The van der Waals surface area contributed by atoms with Gasteiger partial charge in [0.05, 0.1) is 0 Å². The smallest absolute Gasteiger partial charge is 0.0104 e. The molecule has 0 spiro atoms. The number of benzene rings is 2. The first kappa shape index (κ1) is 38.4. The lowest BCUT2D eigenvalue weighted by Gasteiger charge is -2.33. The van der Waals surface area contributed by atoms with Gasteiger partial charge in [-0.05, 0) is 110 Å². The first-order chi connectivity index (χ1) is 24.0. The summed E-state index contributed by atoms with van der Waals surface area (Å²) in [4.78, 5) is 0. The monoisotopic (exact) mass is 660 g/mol. The van der Waals surface area contributed by atoms with Crippen molar-refractivity contribution < 1.29 is 0 Å². The predicted octanol–water partition coefficient (Wildman–Crippen LogP) is 14.9. The molecule has 0 unspecified atom stereocenters. The van der Waals surface area contributed by atoms with Crippen molar-refractivity contribution in [2.45, 2.75) is 93.9 Å². The number of hydrogen-bond acceptors (Lipinski definition) is 0. The summed E-state index contributed by atoms with van der Waals surface area (Å²) in [5, 5.41) is 0. The molecule has 0 heteroatoms. The van der Waals surface area contributed by atoms with E-state index >= 15 is 0 Å². The summed E-state index contributed by atoms with van der Waals surface area (Å²) in [6.45, 7) is 18.5. The van der Waals surface area contributed by atoms with Gasteiger partial charge in [-0.1, -0.05) is 196 Å². The van der Waals surface area contributed by atoms with Gasteiger partial charge in [-0.2, -0.15) is 0 Å². The molecule has 0 amide bonds. The highest BCUT2D eigenvalue weighted by atomic mass is 14.3. The summed E-state index contributed by atoms with van der Waals surface area (Å²) in [5.41, 5.74) is 13.8. The van der Waals surface area contributed by atoms with Gasteiger partial charge in [0.2, 0.25) is 0 Å². The molecule has 0 bridgehead atoms. The highest BCUT2D eigenvalue weighted by Gasteiger charge is 2.27. The fraction of sp³-hybridized carbons (Fsp3) is 0.320. The first-order valence-electron chi connectivity index (χ1n) is 18.6. The van der Waals surface area contributed by atoms with Gasteiger partial charge in [0, 0.05) is 0 Å². The minimum atomic E-state index is 0.255. The third-order valence-corrected chi connectivity index (χ3v) is 10.3. The molecule has 0 N–H and O–H groups in total. The van der Waals surface area contributed by atoms with E-state index in [-0.39, 0.29) is 10.8 Å². The summed E-state index contributed by atoms with van der Waals surface area (Å²) >= 11 is 0. The predicted molar refractivity (Wildman–Crippen MR) is 223 cm³/mol. The normalized spacial score (nSPS) is 19.8. The quantitative estimate of drug-likeness (QED) is 0.199. The van der Waals surface area contributed by atoms with Crippen LogP contribution in [0.1, 0.15) is 105 Å². The maximum absolute atomic E-state index is 2.38. The molecule has 0 heterocycles. The molecule has 0 fully saturated rings. The number of rotatable bonds is 12. The van der Waals surface area contributed by atoms with E-state index in [1.165, 1.54) is 94.2 Å². The van der Waals surface area contributed by atoms with Crippen LogP contribution in [0.3, 0.4) is 0 Å². The van der Waals surface area contributed by atoms with Crippen LogP contribution in [0.4, 0.5) is 0 Å². The van der Waals surface area contributed by atoms with E-state index in [0.29, 0.717) is 0 Å². The lowest BCUT2D eigenvalue weighted by Crippen LogP contribution is -2.19. The van der Waals surface area contributed by atoms with Crippen LogP contribution in [-0.4, -0.2) is 0 Å². The first-order valence-corrected chi connectivity index (χ1v) is 18.6. The molecule has 0 radical (unpaired) electrons. The van der Waals surface area contributed by atoms with Crippen molar-refractivity contribution in [3.63, 3.8) is 0 Å². The molecule has 2 aliphatic rings. The zero-order valence-corrected chi connectivity index (χ0v) is 32.1. The highest BCUT2D eigenvalue weighted by molar-refractivity contribution is 5.77. The Morgan fingerprint density at radius 3 is 1.24 bits per heavy atom. The largest absolute Gasteiger partial charge is 0.0696 e. The Bertz CT molecular complexity index is 1640. The topological polar surface area (TPSA) is 0 Å². The molecule has 0 aliphatic heterocycles. The average Bonchev–Trinajstić information content (AvgIpc) is 3.08. The Balaban J connectivity index is 1.53. The third-order valence-electron chi connectivity index (χ3n) is 10.3. The third kappa shape index (κ3) is 11.6. The number of allylic oxidation sites excluding steroid dienone is 22. The van der Waals surface area contributed by atoms with Crippen LogP contribution < -0.4 is 0 Å². The maximum Gasteiger partial charge on any atom is -0.0104 e. The standard InChI is InChI=1S/C50H60/c1-39(33-35-47-41(3)23-19-37-49(47,5)6)21-17-31-45(43-25-11-9-12-26-43)29-15-16-30-46(44-27-13-10-14-28-44)32-18-22-40(2)34-36-48-42(4)24-20-38-50(48,7)8/h9-18,21-22,25-36H,19-20,23-24,37-38H2,1-8H3/b16-15+,31-17+,32-18+,35-33+,36-34+,39-21+,40-22+,45-29-,46-30-. The van der Waals surface area contributed by atoms with Crippen molar-refractivity contribution in [3.8, 4) is 0 Å². The minimum Gasteiger partial charge on any atom is -0.0696 e. The molecule has 2 aromatic rings. The molecular weight excluding hydrogens is 601 g/mol. The maximum atomic E-state index is 2.38. The van der Waals surface area contributed by atoms with Gasteiger partial charge in [0.25, 0.3) is 0 Å². The van der Waals surface area contributed by atoms with E-state index < -0.39 is 0 Å². The van der Waals surface area contributed by atoms with Crippen LogP contribution in [0.2, 0.25) is 0 Å². The van der Waals surface area contributed by atoms with E-state index in [4.69, 9.17) is 0 Å². The molecule has 0 atom stereocenters. The molecule has 260 valence electrons. The SMILES string of the molecule is CC1=C(/C=C/C(C)=C/C=C/C(=C/C=C/C=C(/C=C/C=C(C)/C=C/C2=C(C)CCCC2(C)C)c2ccccc2)c2ccccc2)C(C)(C)CCC1. The molecule has 4 rings (SSSR count). The van der Waals surface area contributed by atoms with Crippen molar-refractivity contribution in [1.29, 1.82) is 0 Å². The molecule has 0 aromatic heterocycles. The fourth-order valence-electron chi connectivity index (χ4n) is 7.24. The molecular formula is C50H60. The summed E-state index contributed by atoms with van der Waals surface area (Å²) in [7, 11) is 0. The Hall–Kier alpha value is -4.42. The molecule has 2 aliphatic carbocycles. The summed E-state index contributed by atoms with van der Waals surface area (Å²) in [5.74, 6) is 0. The summed E-state index contributed by atoms with van der Waals surface area (Å²) in [6.07, 6.45) is 38.6. The molecule has 0 saturated heterocycles. The van der Waals surface area contributed by atoms with Crippen molar-refractivity contribution >= 4 is 11.1 Å². The van der Waals surface area contributed by atoms with Crippen LogP contribution in [0.25, 0.3) is 11.1 Å². The van der Waals surface area contributed by atoms with E-state index in [1.807, 2.05) is 0 Å². The van der Waals surface area contributed by atoms with Gasteiger partial charge < -0.3 is 0 Å². The zero-order chi connectivity index (χ0) is 36.0. The number of hydrogen-bond donors (Lipinski definition) is 0.